The fraction of sp³-hybridized carbons (Fsp3) is 0.750. The first-order chi connectivity index (χ1) is 8.83. The van der Waals surface area contributed by atoms with Gasteiger partial charge in [-0.3, -0.25) is 4.68 Å². The number of sulfonamides is 1. The van der Waals surface area contributed by atoms with E-state index in [1.54, 1.807) is 14.0 Å². The Hall–Kier alpha value is -1.08. The minimum absolute atomic E-state index is 0.0620. The summed E-state index contributed by atoms with van der Waals surface area (Å²) in [7, 11) is -1.89. The Kier molecular flexibility index (Phi) is 3.87. The first kappa shape index (κ1) is 14.3. The van der Waals surface area contributed by atoms with Gasteiger partial charge in [0.1, 0.15) is 4.90 Å². The number of nitrogen functional groups attached to an aromatic ring is 1. The smallest absolute Gasteiger partial charge is 0.246 e. The molecule has 0 radical (unpaired) electrons. The SMILES string of the molecule is Cc1c(S(=O)(=O)NCC2CCCC2C)c(N)nn1C. The van der Waals surface area contributed by atoms with Crippen molar-refractivity contribution in [2.75, 3.05) is 12.3 Å². The Balaban J connectivity index is 2.14. The molecule has 2 unspecified atom stereocenters. The van der Waals surface area contributed by atoms with Crippen molar-refractivity contribution in [3.63, 3.8) is 0 Å². The van der Waals surface area contributed by atoms with Crippen LogP contribution in [0.1, 0.15) is 31.9 Å². The lowest BCUT2D eigenvalue weighted by Crippen LogP contribution is -2.31. The van der Waals surface area contributed by atoms with Crippen LogP contribution in [0.4, 0.5) is 5.82 Å². The van der Waals surface area contributed by atoms with E-state index in [4.69, 9.17) is 5.73 Å². The van der Waals surface area contributed by atoms with Crippen LogP contribution in [0, 0.1) is 18.8 Å². The number of nitrogens with one attached hydrogen (secondary N) is 1. The molecule has 1 aliphatic rings. The largest absolute Gasteiger partial charge is 0.381 e. The molecule has 1 aromatic rings. The van der Waals surface area contributed by atoms with Gasteiger partial charge in [-0.15, -0.1) is 0 Å². The van der Waals surface area contributed by atoms with Crippen molar-refractivity contribution in [1.29, 1.82) is 0 Å². The summed E-state index contributed by atoms with van der Waals surface area (Å²) >= 11 is 0. The molecule has 2 atom stereocenters. The van der Waals surface area contributed by atoms with Gasteiger partial charge in [0.2, 0.25) is 10.0 Å². The second-order valence-corrected chi connectivity index (χ2v) is 7.15. The van der Waals surface area contributed by atoms with Gasteiger partial charge in [-0.05, 0) is 25.2 Å². The average Bonchev–Trinajstić information content (AvgIpc) is 2.82. The molecule has 0 spiro atoms. The van der Waals surface area contributed by atoms with E-state index in [1.807, 2.05) is 0 Å². The highest BCUT2D eigenvalue weighted by molar-refractivity contribution is 7.89. The molecule has 7 heteroatoms. The van der Waals surface area contributed by atoms with E-state index in [1.165, 1.54) is 17.5 Å². The Morgan fingerprint density at radius 2 is 2.16 bits per heavy atom. The topological polar surface area (TPSA) is 90.0 Å². The van der Waals surface area contributed by atoms with Crippen LogP contribution in [-0.2, 0) is 17.1 Å². The van der Waals surface area contributed by atoms with Gasteiger partial charge < -0.3 is 5.73 Å². The number of anilines is 1. The Morgan fingerprint density at radius 1 is 1.47 bits per heavy atom. The molecule has 0 bridgehead atoms. The van der Waals surface area contributed by atoms with Crippen molar-refractivity contribution in [3.8, 4) is 0 Å². The predicted octanol–water partition coefficient (Wildman–Crippen LogP) is 1.03. The van der Waals surface area contributed by atoms with Crippen molar-refractivity contribution in [1.82, 2.24) is 14.5 Å². The lowest BCUT2D eigenvalue weighted by atomic mass is 9.99. The van der Waals surface area contributed by atoms with Gasteiger partial charge in [0, 0.05) is 13.6 Å². The molecule has 1 fully saturated rings. The third-order valence-electron chi connectivity index (χ3n) is 4.15. The van der Waals surface area contributed by atoms with E-state index in [0.29, 0.717) is 24.1 Å². The zero-order valence-corrected chi connectivity index (χ0v) is 12.5. The normalized spacial score (nSPS) is 23.9. The van der Waals surface area contributed by atoms with Crippen LogP contribution in [0.5, 0.6) is 0 Å². The second kappa shape index (κ2) is 5.13. The van der Waals surface area contributed by atoms with Crippen LogP contribution >= 0.6 is 0 Å². The summed E-state index contributed by atoms with van der Waals surface area (Å²) in [5.74, 6) is 1.06. The van der Waals surface area contributed by atoms with Gasteiger partial charge in [0.15, 0.2) is 5.82 Å². The molecule has 0 aliphatic heterocycles. The highest BCUT2D eigenvalue weighted by Gasteiger charge is 2.28. The summed E-state index contributed by atoms with van der Waals surface area (Å²) in [4.78, 5) is 0.112. The van der Waals surface area contributed by atoms with Crippen molar-refractivity contribution >= 4 is 15.8 Å². The monoisotopic (exact) mass is 286 g/mol. The minimum atomic E-state index is -3.57. The molecule has 6 nitrogen and oxygen atoms in total. The van der Waals surface area contributed by atoms with Crippen molar-refractivity contribution in [3.05, 3.63) is 5.69 Å². The minimum Gasteiger partial charge on any atom is -0.381 e. The molecule has 2 rings (SSSR count). The fourth-order valence-corrected chi connectivity index (χ4v) is 4.18. The fourth-order valence-electron chi connectivity index (χ4n) is 2.76. The lowest BCUT2D eigenvalue weighted by molar-refractivity contribution is 0.414. The zero-order valence-electron chi connectivity index (χ0n) is 11.7. The lowest BCUT2D eigenvalue weighted by Gasteiger charge is -2.16. The number of aromatic nitrogens is 2. The van der Waals surface area contributed by atoms with Gasteiger partial charge in [-0.25, -0.2) is 13.1 Å². The summed E-state index contributed by atoms with van der Waals surface area (Å²) in [6.45, 7) is 4.36. The van der Waals surface area contributed by atoms with E-state index >= 15 is 0 Å². The number of rotatable bonds is 4. The second-order valence-electron chi connectivity index (χ2n) is 5.44. The Bertz CT molecular complexity index is 565. The summed E-state index contributed by atoms with van der Waals surface area (Å²) < 4.78 is 28.8. The molecule has 0 amide bonds. The van der Waals surface area contributed by atoms with Crippen LogP contribution in [0.3, 0.4) is 0 Å². The Morgan fingerprint density at radius 3 is 2.63 bits per heavy atom. The predicted molar refractivity (Wildman–Crippen MR) is 74.1 cm³/mol. The highest BCUT2D eigenvalue weighted by Crippen LogP contribution is 2.31. The standard InChI is InChI=1S/C12H22N4O2S/c1-8-5-4-6-10(8)7-14-19(17,18)11-9(2)16(3)15-12(11)13/h8,10,14H,4-7H2,1-3H3,(H2,13,15). The van der Waals surface area contributed by atoms with Gasteiger partial charge in [-0.1, -0.05) is 19.8 Å². The van der Waals surface area contributed by atoms with Crippen LogP contribution in [-0.4, -0.2) is 24.7 Å². The average molecular weight is 286 g/mol. The van der Waals surface area contributed by atoms with Crippen molar-refractivity contribution in [2.24, 2.45) is 18.9 Å². The van der Waals surface area contributed by atoms with E-state index in [0.717, 1.165) is 6.42 Å². The van der Waals surface area contributed by atoms with E-state index in [-0.39, 0.29) is 10.7 Å². The van der Waals surface area contributed by atoms with Crippen LogP contribution in [0.2, 0.25) is 0 Å². The van der Waals surface area contributed by atoms with E-state index in [2.05, 4.69) is 16.7 Å². The third kappa shape index (κ3) is 2.76. The Labute approximate surface area is 114 Å². The molecule has 19 heavy (non-hydrogen) atoms. The number of nitrogens with two attached hydrogens (primary N) is 1. The van der Waals surface area contributed by atoms with Crippen LogP contribution in [0.15, 0.2) is 4.90 Å². The molecule has 3 N–H and O–H groups in total. The molecule has 1 aromatic heterocycles. The molecule has 0 aromatic carbocycles. The molecule has 1 saturated carbocycles. The summed E-state index contributed by atoms with van der Waals surface area (Å²) in [5, 5.41) is 3.95. The maximum Gasteiger partial charge on any atom is 0.246 e. The van der Waals surface area contributed by atoms with Crippen molar-refractivity contribution < 1.29 is 8.42 Å². The van der Waals surface area contributed by atoms with Gasteiger partial charge >= 0.3 is 0 Å². The first-order valence-corrected chi connectivity index (χ1v) is 8.10. The number of aryl methyl sites for hydroxylation is 1. The maximum atomic E-state index is 12.3. The number of nitrogens with zero attached hydrogens (tertiary/aromatic N) is 2. The molecule has 1 heterocycles. The first-order valence-electron chi connectivity index (χ1n) is 6.61. The number of hydrogen-bond donors (Lipinski definition) is 2. The summed E-state index contributed by atoms with van der Waals surface area (Å²) in [6, 6.07) is 0. The van der Waals surface area contributed by atoms with Gasteiger partial charge in [0.25, 0.3) is 0 Å². The van der Waals surface area contributed by atoms with Gasteiger partial charge in [-0.2, -0.15) is 5.10 Å². The summed E-state index contributed by atoms with van der Waals surface area (Å²) in [6.07, 6.45) is 3.45. The van der Waals surface area contributed by atoms with Crippen molar-refractivity contribution in [2.45, 2.75) is 38.0 Å². The third-order valence-corrected chi connectivity index (χ3v) is 5.74. The van der Waals surface area contributed by atoms with Crippen LogP contribution in [0.25, 0.3) is 0 Å². The molecular formula is C12H22N4O2S. The van der Waals surface area contributed by atoms with E-state index in [9.17, 15) is 8.42 Å². The zero-order chi connectivity index (χ0) is 14.2. The number of hydrogen-bond acceptors (Lipinski definition) is 4. The van der Waals surface area contributed by atoms with Gasteiger partial charge in [0.05, 0.1) is 5.69 Å². The molecule has 1 aliphatic carbocycles. The molecule has 0 saturated heterocycles. The highest BCUT2D eigenvalue weighted by atomic mass is 32.2. The quantitative estimate of drug-likeness (QED) is 0.865. The summed E-state index contributed by atoms with van der Waals surface area (Å²) in [5.41, 5.74) is 6.25. The molecule has 108 valence electrons. The molecular weight excluding hydrogens is 264 g/mol. The van der Waals surface area contributed by atoms with Crippen LogP contribution < -0.4 is 10.5 Å². The van der Waals surface area contributed by atoms with E-state index < -0.39 is 10.0 Å². The maximum absolute atomic E-state index is 12.3.